The van der Waals surface area contributed by atoms with Crippen LogP contribution >= 0.6 is 0 Å². The first-order chi connectivity index (χ1) is 20.9. The van der Waals surface area contributed by atoms with Crippen LogP contribution in [0, 0.1) is 17.8 Å². The van der Waals surface area contributed by atoms with Crippen molar-refractivity contribution in [3.05, 3.63) is 41.6 Å². The number of ketones is 3. The fraction of sp³-hybridized carbons (Fsp3) is 0.571. The fourth-order valence-electron chi connectivity index (χ4n) is 7.65. The summed E-state index contributed by atoms with van der Waals surface area (Å²) in [5, 5.41) is 5.45. The lowest BCUT2D eigenvalue weighted by molar-refractivity contribution is -0.139. The Labute approximate surface area is 258 Å². The normalized spacial score (nSPS) is 25.5. The summed E-state index contributed by atoms with van der Waals surface area (Å²) in [5.74, 6) is 0.694. The molecule has 1 saturated carbocycles. The van der Waals surface area contributed by atoms with E-state index >= 15 is 0 Å². The van der Waals surface area contributed by atoms with Gasteiger partial charge in [-0.3, -0.25) is 23.9 Å². The van der Waals surface area contributed by atoms with Crippen LogP contribution in [0.3, 0.4) is 0 Å². The first-order valence-corrected chi connectivity index (χ1v) is 16.1. The second kappa shape index (κ2) is 11.3. The maximum atomic E-state index is 14.1. The van der Waals surface area contributed by atoms with Crippen molar-refractivity contribution in [1.82, 2.24) is 24.6 Å². The van der Waals surface area contributed by atoms with Crippen LogP contribution in [0.2, 0.25) is 0 Å². The summed E-state index contributed by atoms with van der Waals surface area (Å²) in [4.78, 5) is 64.1. The fourth-order valence-corrected chi connectivity index (χ4v) is 7.65. The molecular formula is C35H43N5O4. The zero-order valence-corrected chi connectivity index (χ0v) is 26.6. The molecule has 232 valence electrons. The summed E-state index contributed by atoms with van der Waals surface area (Å²) in [5.41, 5.74) is 3.30. The average molecular weight is 598 g/mol. The average Bonchev–Trinajstić information content (AvgIpc) is 3.40. The lowest BCUT2D eigenvalue weighted by atomic mass is 9.79. The van der Waals surface area contributed by atoms with Gasteiger partial charge in [0.15, 0.2) is 11.6 Å². The summed E-state index contributed by atoms with van der Waals surface area (Å²) in [6.07, 6.45) is 10.9. The first kappa shape index (κ1) is 30.3. The number of hydrogen-bond acceptors (Lipinski definition) is 7. The zero-order valence-electron chi connectivity index (χ0n) is 26.6. The molecule has 0 radical (unpaired) electrons. The second-order valence-corrected chi connectivity index (χ2v) is 13.9. The molecule has 1 aliphatic carbocycles. The summed E-state index contributed by atoms with van der Waals surface area (Å²) in [6, 6.07) is 3.55. The van der Waals surface area contributed by atoms with Gasteiger partial charge in [-0.15, -0.1) is 0 Å². The number of rotatable bonds is 4. The van der Waals surface area contributed by atoms with E-state index < -0.39 is 11.5 Å². The number of aromatic nitrogens is 4. The van der Waals surface area contributed by atoms with Crippen molar-refractivity contribution in [2.75, 3.05) is 0 Å². The second-order valence-electron chi connectivity index (χ2n) is 13.9. The molecule has 9 heteroatoms. The highest BCUT2D eigenvalue weighted by atomic mass is 16.2. The van der Waals surface area contributed by atoms with Gasteiger partial charge in [-0.25, -0.2) is 9.97 Å². The molecule has 2 fully saturated rings. The molecule has 6 rings (SSSR count). The highest BCUT2D eigenvalue weighted by Gasteiger charge is 2.66. The first-order valence-electron chi connectivity index (χ1n) is 16.1. The summed E-state index contributed by atoms with van der Waals surface area (Å²) in [7, 11) is 0. The van der Waals surface area contributed by atoms with E-state index in [1.807, 2.05) is 19.9 Å². The molecule has 2 aliphatic heterocycles. The smallest absolute Gasteiger partial charge is 0.245 e. The Morgan fingerprint density at radius 2 is 1.73 bits per heavy atom. The van der Waals surface area contributed by atoms with Gasteiger partial charge in [0.2, 0.25) is 5.91 Å². The van der Waals surface area contributed by atoms with Crippen LogP contribution in [-0.4, -0.2) is 60.0 Å². The number of carbonyl (C=O) groups excluding carboxylic acids is 4. The van der Waals surface area contributed by atoms with Gasteiger partial charge in [0.1, 0.15) is 23.8 Å². The Kier molecular flexibility index (Phi) is 7.79. The maximum absolute atomic E-state index is 14.1. The van der Waals surface area contributed by atoms with E-state index in [1.165, 1.54) is 6.92 Å². The Bertz CT molecular complexity index is 1660. The van der Waals surface area contributed by atoms with Gasteiger partial charge >= 0.3 is 0 Å². The summed E-state index contributed by atoms with van der Waals surface area (Å²) in [6.45, 7) is 9.25. The van der Waals surface area contributed by atoms with Crippen molar-refractivity contribution < 1.29 is 19.2 Å². The van der Waals surface area contributed by atoms with E-state index in [0.29, 0.717) is 42.6 Å². The number of amides is 1. The Hall–Kier alpha value is -3.75. The van der Waals surface area contributed by atoms with E-state index in [4.69, 9.17) is 5.10 Å². The molecular weight excluding hydrogens is 554 g/mol. The number of aryl methyl sites for hydroxylation is 2. The van der Waals surface area contributed by atoms with Gasteiger partial charge in [-0.05, 0) is 74.1 Å². The van der Waals surface area contributed by atoms with E-state index in [9.17, 15) is 19.2 Å². The van der Waals surface area contributed by atoms with Crippen LogP contribution < -0.4 is 0 Å². The van der Waals surface area contributed by atoms with Gasteiger partial charge in [0.05, 0.1) is 11.6 Å². The van der Waals surface area contributed by atoms with Crippen molar-refractivity contribution in [3.63, 3.8) is 0 Å². The third kappa shape index (κ3) is 5.39. The predicted octanol–water partition coefficient (Wildman–Crippen LogP) is 5.84. The molecule has 0 spiro atoms. The van der Waals surface area contributed by atoms with E-state index in [-0.39, 0.29) is 41.3 Å². The standard InChI is InChI=1S/C35H43N5O4/c1-6-28(42)27-16-35-13-11-30(43)34(4,5)12-9-7-8-10-23-14-24(25-18-36-22(3)37-19-25)15-26-32(21(2)41)38-39(33(23)26)20-31(44)40(27)29(35)17-35/h14-15,18-19,27,29H,6-13,16-17,20H2,1-5H3/t27-,29+,35-/m0/s1. The van der Waals surface area contributed by atoms with Gasteiger partial charge in [0.25, 0.3) is 0 Å². The zero-order chi connectivity index (χ0) is 31.4. The highest BCUT2D eigenvalue weighted by Crippen LogP contribution is 2.62. The molecule has 1 aromatic carbocycles. The molecule has 0 N–H and O–H groups in total. The Morgan fingerprint density at radius 1 is 0.977 bits per heavy atom. The van der Waals surface area contributed by atoms with Crippen molar-refractivity contribution in [3.8, 4) is 11.1 Å². The summed E-state index contributed by atoms with van der Waals surface area (Å²) >= 11 is 0. The van der Waals surface area contributed by atoms with Crippen LogP contribution in [0.15, 0.2) is 24.5 Å². The molecule has 1 amide bonds. The van der Waals surface area contributed by atoms with Crippen LogP contribution in [0.5, 0.6) is 0 Å². The van der Waals surface area contributed by atoms with Crippen LogP contribution in [-0.2, 0) is 27.3 Å². The quantitative estimate of drug-likeness (QED) is 0.347. The molecule has 2 bridgehead atoms. The van der Waals surface area contributed by atoms with Gasteiger partial charge in [-0.2, -0.15) is 5.10 Å². The van der Waals surface area contributed by atoms with Crippen molar-refractivity contribution in [1.29, 1.82) is 0 Å². The van der Waals surface area contributed by atoms with Crippen LogP contribution in [0.25, 0.3) is 22.0 Å². The minimum absolute atomic E-state index is 0.0381. The number of carbonyl (C=O) groups is 4. The monoisotopic (exact) mass is 597 g/mol. The minimum atomic E-state index is -0.477. The SMILES string of the molecule is CCC(=O)[C@@H]1C[C@]23CCC(=O)C(C)(C)CCCCCc4cc(-c5cnc(C)nc5)cc5c(C(C)=O)nn(c45)CC(=O)N1[C@@H]2C3. The van der Waals surface area contributed by atoms with Crippen molar-refractivity contribution in [2.24, 2.45) is 10.8 Å². The molecule has 4 heterocycles. The van der Waals surface area contributed by atoms with Crippen molar-refractivity contribution in [2.45, 2.75) is 117 Å². The third-order valence-corrected chi connectivity index (χ3v) is 10.4. The Balaban J connectivity index is 1.45. The maximum Gasteiger partial charge on any atom is 0.245 e. The minimum Gasteiger partial charge on any atom is -0.327 e. The number of hydrogen-bond donors (Lipinski definition) is 0. The third-order valence-electron chi connectivity index (χ3n) is 10.4. The van der Waals surface area contributed by atoms with E-state index in [1.54, 1.807) is 22.0 Å². The van der Waals surface area contributed by atoms with Gasteiger partial charge < -0.3 is 4.90 Å². The van der Waals surface area contributed by atoms with Crippen molar-refractivity contribution >= 4 is 34.2 Å². The van der Waals surface area contributed by atoms with E-state index in [0.717, 1.165) is 60.7 Å². The van der Waals surface area contributed by atoms with Crippen LogP contribution in [0.4, 0.5) is 0 Å². The molecule has 44 heavy (non-hydrogen) atoms. The van der Waals surface area contributed by atoms with Crippen LogP contribution in [0.1, 0.15) is 107 Å². The molecule has 3 atom stereocenters. The summed E-state index contributed by atoms with van der Waals surface area (Å²) < 4.78 is 1.69. The topological polar surface area (TPSA) is 115 Å². The largest absolute Gasteiger partial charge is 0.327 e. The highest BCUT2D eigenvalue weighted by molar-refractivity contribution is 6.07. The molecule has 1 saturated heterocycles. The van der Waals surface area contributed by atoms with Gasteiger partial charge in [0, 0.05) is 54.6 Å². The predicted molar refractivity (Wildman–Crippen MR) is 167 cm³/mol. The number of Topliss-reactive ketones (excluding diaryl/α,β-unsaturated/α-hetero) is 3. The Morgan fingerprint density at radius 3 is 2.43 bits per heavy atom. The lowest BCUT2D eigenvalue weighted by Gasteiger charge is -2.26. The lowest BCUT2D eigenvalue weighted by Crippen LogP contribution is -2.44. The van der Waals surface area contributed by atoms with E-state index in [2.05, 4.69) is 29.9 Å². The molecule has 3 aromatic rings. The molecule has 9 nitrogen and oxygen atoms in total. The molecule has 2 aromatic heterocycles. The molecule has 0 unspecified atom stereocenters. The number of nitrogens with zero attached hydrogens (tertiary/aromatic N) is 5. The number of benzene rings is 1. The number of piperidine rings is 1. The molecule has 3 aliphatic rings. The van der Waals surface area contributed by atoms with Gasteiger partial charge in [-0.1, -0.05) is 33.6 Å².